The maximum absolute atomic E-state index is 13.2. The molecule has 1 aliphatic rings. The zero-order valence-electron chi connectivity index (χ0n) is 21.4. The third-order valence-corrected chi connectivity index (χ3v) is 6.29. The lowest BCUT2D eigenvalue weighted by molar-refractivity contribution is -0.136. The van der Waals surface area contributed by atoms with Crippen LogP contribution in [0.1, 0.15) is 44.8 Å². The Labute approximate surface area is 217 Å². The average molecular weight is 538 g/mol. The molecule has 38 heavy (non-hydrogen) atoms. The van der Waals surface area contributed by atoms with Crippen LogP contribution < -0.4 is 14.8 Å². The minimum absolute atomic E-state index is 0.123. The molecule has 0 aromatic carbocycles. The predicted molar refractivity (Wildman–Crippen MR) is 130 cm³/mol. The number of aromatic nitrogens is 5. The molecule has 0 saturated heterocycles. The van der Waals surface area contributed by atoms with Crippen molar-refractivity contribution in [3.05, 3.63) is 30.5 Å². The van der Waals surface area contributed by atoms with E-state index in [4.69, 9.17) is 14.2 Å². The molecule has 11 nitrogen and oxygen atoms in total. The Hall–Kier alpha value is -3.68. The molecule has 3 aromatic heterocycles. The first kappa shape index (κ1) is 27.4. The molecule has 4 bridgehead atoms. The van der Waals surface area contributed by atoms with E-state index in [0.29, 0.717) is 34.9 Å². The number of amides is 2. The van der Waals surface area contributed by atoms with Crippen LogP contribution in [0.25, 0.3) is 16.9 Å². The Bertz CT molecular complexity index is 1250. The van der Waals surface area contributed by atoms with E-state index in [1.807, 2.05) is 0 Å². The summed E-state index contributed by atoms with van der Waals surface area (Å²) in [5.41, 5.74) is 2.02. The zero-order valence-corrected chi connectivity index (χ0v) is 21.4. The van der Waals surface area contributed by atoms with Crippen molar-refractivity contribution in [1.82, 2.24) is 34.8 Å². The molecule has 2 atom stereocenters. The van der Waals surface area contributed by atoms with Gasteiger partial charge in [-0.25, -0.2) is 19.3 Å². The molecule has 0 spiro atoms. The highest BCUT2D eigenvalue weighted by molar-refractivity contribution is 5.75. The van der Waals surface area contributed by atoms with Gasteiger partial charge in [0.25, 0.3) is 5.88 Å². The minimum atomic E-state index is -4.33. The van der Waals surface area contributed by atoms with Gasteiger partial charge in [0.1, 0.15) is 18.7 Å². The van der Waals surface area contributed by atoms with Gasteiger partial charge in [-0.2, -0.15) is 18.3 Å². The molecule has 1 N–H and O–H groups in total. The smallest absolute Gasteiger partial charge is 0.389 e. The van der Waals surface area contributed by atoms with Gasteiger partial charge in [0.2, 0.25) is 5.65 Å². The molecule has 0 radical (unpaired) electrons. The van der Waals surface area contributed by atoms with E-state index >= 15 is 0 Å². The Morgan fingerprint density at radius 1 is 1.24 bits per heavy atom. The van der Waals surface area contributed by atoms with Gasteiger partial charge in [0.15, 0.2) is 0 Å². The first-order chi connectivity index (χ1) is 18.2. The second-order valence-electron chi connectivity index (χ2n) is 8.78. The van der Waals surface area contributed by atoms with E-state index in [1.54, 1.807) is 26.1 Å². The first-order valence-electron chi connectivity index (χ1n) is 12.3. The number of halogens is 3. The molecule has 206 valence electrons. The zero-order chi connectivity index (χ0) is 27.3. The van der Waals surface area contributed by atoms with E-state index < -0.39 is 30.7 Å². The van der Waals surface area contributed by atoms with E-state index in [2.05, 4.69) is 25.4 Å². The van der Waals surface area contributed by atoms with Crippen LogP contribution in [0.15, 0.2) is 24.8 Å². The fourth-order valence-electron chi connectivity index (χ4n) is 4.24. The summed E-state index contributed by atoms with van der Waals surface area (Å²) in [7, 11) is 1.51. The van der Waals surface area contributed by atoms with Gasteiger partial charge in [-0.05, 0) is 32.8 Å². The van der Waals surface area contributed by atoms with Crippen molar-refractivity contribution < 1.29 is 32.2 Å². The van der Waals surface area contributed by atoms with Crippen LogP contribution in [0.3, 0.4) is 0 Å². The number of nitrogens with zero attached hydrogens (tertiary/aromatic N) is 6. The SMILES string of the molecule is CCN1C(=O)N[C@@H](CCC(F)(F)F)CCOCCOc2nc(cn3ncnc23)-c2cc(ncc2OC)[C@H]1C. The number of urea groups is 1. The summed E-state index contributed by atoms with van der Waals surface area (Å²) >= 11 is 0. The van der Waals surface area contributed by atoms with Crippen LogP contribution >= 0.6 is 0 Å². The molecule has 0 fully saturated rings. The van der Waals surface area contributed by atoms with Gasteiger partial charge in [0.05, 0.1) is 43.5 Å². The Balaban J connectivity index is 1.72. The fraction of sp³-hybridized carbons (Fsp3) is 0.542. The van der Waals surface area contributed by atoms with E-state index in [1.165, 1.54) is 29.0 Å². The highest BCUT2D eigenvalue weighted by atomic mass is 19.4. The van der Waals surface area contributed by atoms with Crippen molar-refractivity contribution in [3.8, 4) is 22.9 Å². The van der Waals surface area contributed by atoms with Gasteiger partial charge >= 0.3 is 12.2 Å². The second kappa shape index (κ2) is 11.8. The normalized spacial score (nSPS) is 19.5. The summed E-state index contributed by atoms with van der Waals surface area (Å²) in [6.45, 7) is 4.32. The lowest BCUT2D eigenvalue weighted by Crippen LogP contribution is -2.46. The number of carbonyl (C=O) groups excluding carboxylic acids is 1. The summed E-state index contributed by atoms with van der Waals surface area (Å²) < 4.78 is 57.3. The van der Waals surface area contributed by atoms with Gasteiger partial charge in [-0.3, -0.25) is 4.98 Å². The Kier molecular flexibility index (Phi) is 8.49. The van der Waals surface area contributed by atoms with Crippen molar-refractivity contribution >= 4 is 11.7 Å². The number of hydrogen-bond donors (Lipinski definition) is 1. The highest BCUT2D eigenvalue weighted by Crippen LogP contribution is 2.33. The number of nitrogens with one attached hydrogen (secondary N) is 1. The number of alkyl halides is 3. The summed E-state index contributed by atoms with van der Waals surface area (Å²) in [6.07, 6.45) is -0.792. The van der Waals surface area contributed by atoms with E-state index in [9.17, 15) is 18.0 Å². The summed E-state index contributed by atoms with van der Waals surface area (Å²) in [5, 5.41) is 6.97. The molecule has 1 aliphatic heterocycles. The molecule has 0 unspecified atom stereocenters. The third-order valence-electron chi connectivity index (χ3n) is 6.29. The third kappa shape index (κ3) is 6.41. The predicted octanol–water partition coefficient (Wildman–Crippen LogP) is 3.80. The van der Waals surface area contributed by atoms with Crippen LogP contribution in [0.2, 0.25) is 0 Å². The number of methoxy groups -OCH3 is 1. The Morgan fingerprint density at radius 3 is 2.79 bits per heavy atom. The topological polar surface area (TPSA) is 116 Å². The molecule has 2 amide bonds. The van der Waals surface area contributed by atoms with Gasteiger partial charge in [0, 0.05) is 31.2 Å². The maximum atomic E-state index is 13.2. The monoisotopic (exact) mass is 537 g/mol. The number of rotatable bonds is 4. The number of ether oxygens (including phenoxy) is 3. The largest absolute Gasteiger partial charge is 0.494 e. The fourth-order valence-corrected chi connectivity index (χ4v) is 4.24. The van der Waals surface area contributed by atoms with Crippen LogP contribution in [0, 0.1) is 0 Å². The standard InChI is InChI=1S/C24H30F3N7O4/c1-4-33-15(2)18-11-17(20(36-3)12-28-18)19-13-34-21(29-14-30-34)22(32-19)38-10-9-37-8-6-16(31-23(33)35)5-7-24(25,26)27/h11-16H,4-10H2,1-3H3,(H,31,35)/t15-,16+/m1/s1. The molecule has 3 aromatic rings. The van der Waals surface area contributed by atoms with Crippen molar-refractivity contribution in [2.24, 2.45) is 0 Å². The summed E-state index contributed by atoms with van der Waals surface area (Å²) in [4.78, 5) is 28.0. The van der Waals surface area contributed by atoms with Crippen LogP contribution in [-0.2, 0) is 4.74 Å². The van der Waals surface area contributed by atoms with Gasteiger partial charge in [-0.1, -0.05) is 0 Å². The molecule has 0 saturated carbocycles. The van der Waals surface area contributed by atoms with Crippen molar-refractivity contribution in [1.29, 1.82) is 0 Å². The van der Waals surface area contributed by atoms with E-state index in [-0.39, 0.29) is 38.5 Å². The molecule has 4 heterocycles. The van der Waals surface area contributed by atoms with E-state index in [0.717, 1.165) is 0 Å². The number of hydrogen-bond acceptors (Lipinski definition) is 8. The van der Waals surface area contributed by atoms with Crippen molar-refractivity contribution in [3.63, 3.8) is 0 Å². The lowest BCUT2D eigenvalue weighted by Gasteiger charge is -2.30. The van der Waals surface area contributed by atoms with Crippen molar-refractivity contribution in [2.75, 3.05) is 33.5 Å². The molecule has 14 heteroatoms. The average Bonchev–Trinajstić information content (AvgIpc) is 3.37. The molecule has 4 rings (SSSR count). The number of carbonyl (C=O) groups is 1. The van der Waals surface area contributed by atoms with Crippen molar-refractivity contribution in [2.45, 2.75) is 51.4 Å². The Morgan fingerprint density at radius 2 is 2.05 bits per heavy atom. The van der Waals surface area contributed by atoms with Crippen LogP contribution in [-0.4, -0.2) is 81.2 Å². The van der Waals surface area contributed by atoms with Gasteiger partial charge < -0.3 is 24.4 Å². The summed E-state index contributed by atoms with van der Waals surface area (Å²) in [6, 6.07) is 0.0409. The molecule has 0 aliphatic carbocycles. The molecular formula is C24H30F3N7O4. The minimum Gasteiger partial charge on any atom is -0.494 e. The second-order valence-corrected chi connectivity index (χ2v) is 8.78. The number of pyridine rings is 1. The number of fused-ring (bicyclic) bond motifs is 7. The quantitative estimate of drug-likeness (QED) is 0.535. The maximum Gasteiger partial charge on any atom is 0.389 e. The lowest BCUT2D eigenvalue weighted by atomic mass is 10.1. The summed E-state index contributed by atoms with van der Waals surface area (Å²) in [5.74, 6) is 0.677. The highest BCUT2D eigenvalue weighted by Gasteiger charge is 2.30. The van der Waals surface area contributed by atoms with Gasteiger partial charge in [-0.15, -0.1) is 0 Å². The molecular weight excluding hydrogens is 507 g/mol. The first-order valence-corrected chi connectivity index (χ1v) is 12.3. The van der Waals surface area contributed by atoms with Crippen LogP contribution in [0.5, 0.6) is 11.6 Å². The van der Waals surface area contributed by atoms with Crippen LogP contribution in [0.4, 0.5) is 18.0 Å².